The highest BCUT2D eigenvalue weighted by Gasteiger charge is 2.31. The van der Waals surface area contributed by atoms with Crippen LogP contribution in [0.3, 0.4) is 0 Å². The maximum absolute atomic E-state index is 14.3. The summed E-state index contributed by atoms with van der Waals surface area (Å²) in [6, 6.07) is 18.8. The third kappa shape index (κ3) is 4.39. The smallest absolute Gasteiger partial charge is 0.173 e. The zero-order chi connectivity index (χ0) is 21.9. The number of hydrogen-bond acceptors (Lipinski definition) is 6. The maximum atomic E-state index is 14.3. The van der Waals surface area contributed by atoms with Gasteiger partial charge < -0.3 is 4.90 Å². The molecule has 3 heterocycles. The van der Waals surface area contributed by atoms with Gasteiger partial charge in [-0.25, -0.2) is 9.07 Å². The Hall–Kier alpha value is -2.81. The maximum Gasteiger partial charge on any atom is 0.173 e. The van der Waals surface area contributed by atoms with Gasteiger partial charge in [0.2, 0.25) is 0 Å². The Labute approximate surface area is 194 Å². The highest BCUT2D eigenvalue weighted by molar-refractivity contribution is 7.09. The van der Waals surface area contributed by atoms with E-state index in [4.69, 9.17) is 11.6 Å². The lowest BCUT2D eigenvalue weighted by molar-refractivity contribution is 0.201. The molecule has 0 spiro atoms. The molecular weight excluding hydrogens is 447 g/mol. The summed E-state index contributed by atoms with van der Waals surface area (Å²) in [6.45, 7) is 3.58. The van der Waals surface area contributed by atoms with Crippen LogP contribution in [0.2, 0.25) is 5.02 Å². The van der Waals surface area contributed by atoms with Crippen LogP contribution in [0.5, 0.6) is 0 Å². The molecule has 1 aliphatic heterocycles. The molecule has 0 aliphatic carbocycles. The first-order chi connectivity index (χ1) is 15.7. The van der Waals surface area contributed by atoms with Gasteiger partial charge in [-0.15, -0.1) is 16.4 Å². The number of hydrogen-bond donors (Lipinski definition) is 0. The van der Waals surface area contributed by atoms with Crippen LogP contribution in [0.4, 0.5) is 10.1 Å². The van der Waals surface area contributed by atoms with Crippen LogP contribution in [0.25, 0.3) is 0 Å². The van der Waals surface area contributed by atoms with Crippen molar-refractivity contribution in [1.29, 1.82) is 0 Å². The Kier molecular flexibility index (Phi) is 6.16. The molecule has 1 atom stereocenters. The molecule has 1 fully saturated rings. The van der Waals surface area contributed by atoms with E-state index in [0.717, 1.165) is 37.6 Å². The molecule has 0 unspecified atom stereocenters. The van der Waals surface area contributed by atoms with Gasteiger partial charge in [-0.05, 0) is 51.7 Å². The largest absolute Gasteiger partial charge is 0.367 e. The molecule has 0 radical (unpaired) electrons. The van der Waals surface area contributed by atoms with Crippen molar-refractivity contribution in [2.45, 2.75) is 12.6 Å². The van der Waals surface area contributed by atoms with Crippen molar-refractivity contribution >= 4 is 28.6 Å². The van der Waals surface area contributed by atoms with E-state index in [1.54, 1.807) is 17.4 Å². The number of tetrazole rings is 1. The average Bonchev–Trinajstić information content (AvgIpc) is 3.49. The van der Waals surface area contributed by atoms with E-state index in [1.807, 2.05) is 47.1 Å². The summed E-state index contributed by atoms with van der Waals surface area (Å²) in [5, 5.41) is 15.4. The third-order valence-electron chi connectivity index (χ3n) is 5.75. The molecule has 164 valence electrons. The topological polar surface area (TPSA) is 50.1 Å². The standard InChI is InChI=1S/C23H22ClFN6S/c24-18-9-7-17(8-10-18)22(23-26-27-28-31(23)16-19-4-3-15-32-19)30-13-11-29(12-14-30)21-6-2-1-5-20(21)25/h1-10,15,22H,11-14,16H2/t22-/m0/s1. The average molecular weight is 469 g/mol. The number of piperazine rings is 1. The van der Waals surface area contributed by atoms with Crippen LogP contribution >= 0.6 is 22.9 Å². The van der Waals surface area contributed by atoms with Gasteiger partial charge in [0.1, 0.15) is 5.82 Å². The molecular formula is C23H22ClFN6S. The van der Waals surface area contributed by atoms with E-state index in [2.05, 4.69) is 36.8 Å². The van der Waals surface area contributed by atoms with Gasteiger partial charge in [0.15, 0.2) is 5.82 Å². The molecule has 9 heteroatoms. The molecule has 1 saturated heterocycles. The lowest BCUT2D eigenvalue weighted by Gasteiger charge is -2.40. The number of benzene rings is 2. The zero-order valence-corrected chi connectivity index (χ0v) is 18.9. The minimum Gasteiger partial charge on any atom is -0.367 e. The highest BCUT2D eigenvalue weighted by Crippen LogP contribution is 2.31. The van der Waals surface area contributed by atoms with E-state index >= 15 is 0 Å². The quantitative estimate of drug-likeness (QED) is 0.417. The minimum atomic E-state index is -0.185. The number of para-hydroxylation sites is 1. The third-order valence-corrected chi connectivity index (χ3v) is 6.86. The van der Waals surface area contributed by atoms with E-state index in [1.165, 1.54) is 10.9 Å². The summed E-state index contributed by atoms with van der Waals surface area (Å²) in [4.78, 5) is 5.65. The van der Waals surface area contributed by atoms with E-state index in [0.29, 0.717) is 17.3 Å². The normalized spacial score (nSPS) is 15.8. The molecule has 5 rings (SSSR count). The Bertz CT molecular complexity index is 1160. The number of rotatable bonds is 6. The summed E-state index contributed by atoms with van der Waals surface area (Å²) in [5.74, 6) is 0.607. The summed E-state index contributed by atoms with van der Waals surface area (Å²) in [7, 11) is 0. The second kappa shape index (κ2) is 9.36. The minimum absolute atomic E-state index is 0.120. The number of thiophene rings is 1. The number of anilines is 1. The molecule has 0 bridgehead atoms. The molecule has 4 aromatic rings. The van der Waals surface area contributed by atoms with Crippen molar-refractivity contribution in [3.8, 4) is 0 Å². The lowest BCUT2D eigenvalue weighted by atomic mass is 10.0. The van der Waals surface area contributed by atoms with Crippen LogP contribution in [0.15, 0.2) is 66.0 Å². The Balaban J connectivity index is 1.43. The Morgan fingerprint density at radius 2 is 1.75 bits per heavy atom. The molecule has 0 saturated carbocycles. The predicted molar refractivity (Wildman–Crippen MR) is 125 cm³/mol. The fourth-order valence-corrected chi connectivity index (χ4v) is 4.98. The van der Waals surface area contributed by atoms with Crippen molar-refractivity contribution < 1.29 is 4.39 Å². The summed E-state index contributed by atoms with van der Waals surface area (Å²) in [5.41, 5.74) is 1.73. The number of nitrogens with zero attached hydrogens (tertiary/aromatic N) is 6. The van der Waals surface area contributed by atoms with Crippen molar-refractivity contribution in [3.63, 3.8) is 0 Å². The van der Waals surface area contributed by atoms with Gasteiger partial charge in [0, 0.05) is 36.1 Å². The van der Waals surface area contributed by atoms with Gasteiger partial charge >= 0.3 is 0 Å². The first kappa shape index (κ1) is 21.1. The van der Waals surface area contributed by atoms with Crippen LogP contribution in [0.1, 0.15) is 22.3 Å². The molecule has 32 heavy (non-hydrogen) atoms. The lowest BCUT2D eigenvalue weighted by Crippen LogP contribution is -2.48. The van der Waals surface area contributed by atoms with Gasteiger partial charge in [-0.2, -0.15) is 0 Å². The predicted octanol–water partition coefficient (Wildman–Crippen LogP) is 4.49. The molecule has 1 aliphatic rings. The fourth-order valence-electron chi connectivity index (χ4n) is 4.17. The molecule has 2 aromatic heterocycles. The molecule has 2 aromatic carbocycles. The van der Waals surface area contributed by atoms with Crippen LogP contribution in [0, 0.1) is 5.82 Å². The van der Waals surface area contributed by atoms with Gasteiger partial charge in [-0.1, -0.05) is 41.9 Å². The van der Waals surface area contributed by atoms with Gasteiger partial charge in [0.05, 0.1) is 18.3 Å². The van der Waals surface area contributed by atoms with E-state index in [-0.39, 0.29) is 11.9 Å². The second-order valence-electron chi connectivity index (χ2n) is 7.70. The molecule has 6 nitrogen and oxygen atoms in total. The molecule has 0 N–H and O–H groups in total. The SMILES string of the molecule is Fc1ccccc1N1CCN([C@@H](c2ccc(Cl)cc2)c2nnnn2Cc2cccs2)CC1. The zero-order valence-electron chi connectivity index (χ0n) is 17.3. The summed E-state index contributed by atoms with van der Waals surface area (Å²) >= 11 is 7.84. The first-order valence-corrected chi connectivity index (χ1v) is 11.7. The summed E-state index contributed by atoms with van der Waals surface area (Å²) < 4.78 is 16.2. The first-order valence-electron chi connectivity index (χ1n) is 10.5. The van der Waals surface area contributed by atoms with Crippen molar-refractivity contribution in [2.24, 2.45) is 0 Å². The second-order valence-corrected chi connectivity index (χ2v) is 9.17. The summed E-state index contributed by atoms with van der Waals surface area (Å²) in [6.07, 6.45) is 0. The van der Waals surface area contributed by atoms with Crippen molar-refractivity contribution in [3.05, 3.63) is 93.1 Å². The van der Waals surface area contributed by atoms with E-state index in [9.17, 15) is 4.39 Å². The van der Waals surface area contributed by atoms with Gasteiger partial charge in [0.25, 0.3) is 0 Å². The van der Waals surface area contributed by atoms with Crippen LogP contribution in [-0.2, 0) is 6.54 Å². The monoisotopic (exact) mass is 468 g/mol. The number of halogens is 2. The van der Waals surface area contributed by atoms with E-state index < -0.39 is 0 Å². The molecule has 0 amide bonds. The van der Waals surface area contributed by atoms with Crippen LogP contribution in [-0.4, -0.2) is 51.3 Å². The highest BCUT2D eigenvalue weighted by atomic mass is 35.5. The number of aromatic nitrogens is 4. The van der Waals surface area contributed by atoms with Crippen molar-refractivity contribution in [2.75, 3.05) is 31.1 Å². The Morgan fingerprint density at radius 3 is 2.47 bits per heavy atom. The fraction of sp³-hybridized carbons (Fsp3) is 0.261. The van der Waals surface area contributed by atoms with Gasteiger partial charge in [-0.3, -0.25) is 4.90 Å². The van der Waals surface area contributed by atoms with Crippen LogP contribution < -0.4 is 4.90 Å². The Morgan fingerprint density at radius 1 is 0.969 bits per heavy atom. The van der Waals surface area contributed by atoms with Crippen molar-refractivity contribution in [1.82, 2.24) is 25.1 Å².